The van der Waals surface area contributed by atoms with E-state index in [0.29, 0.717) is 5.88 Å². The first-order valence-corrected chi connectivity index (χ1v) is 6.08. The van der Waals surface area contributed by atoms with Gasteiger partial charge in [0.1, 0.15) is 10.0 Å². The monoisotopic (exact) mass is 288 g/mol. The number of rotatable bonds is 2. The third kappa shape index (κ3) is 2.13. The van der Waals surface area contributed by atoms with E-state index in [-0.39, 0.29) is 0 Å². The topological polar surface area (TPSA) is 25.8 Å². The predicted octanol–water partition coefficient (Wildman–Crippen LogP) is 3.71. The highest BCUT2D eigenvalue weighted by atomic mass is 79.9. The quantitative estimate of drug-likeness (QED) is 0.788. The van der Waals surface area contributed by atoms with Crippen molar-refractivity contribution in [2.75, 3.05) is 0 Å². The van der Waals surface area contributed by atoms with Crippen LogP contribution in [0.5, 0.6) is 0 Å². The molecule has 0 unspecified atom stereocenters. The van der Waals surface area contributed by atoms with E-state index in [4.69, 9.17) is 11.6 Å². The molecule has 2 rings (SSSR count). The summed E-state index contributed by atoms with van der Waals surface area (Å²) in [6, 6.07) is 7.97. The molecular weight excluding hydrogens is 284 g/mol. The normalized spacial score (nSPS) is 10.4. The van der Waals surface area contributed by atoms with E-state index < -0.39 is 0 Å². The minimum absolute atomic E-state index is 0.425. The van der Waals surface area contributed by atoms with Crippen molar-refractivity contribution in [3.63, 3.8) is 0 Å². The highest BCUT2D eigenvalue weighted by Gasteiger charge is 2.04. The van der Waals surface area contributed by atoms with Crippen molar-refractivity contribution in [2.24, 2.45) is 0 Å². The van der Waals surface area contributed by atoms with Crippen molar-refractivity contribution >= 4 is 38.9 Å². The largest absolute Gasteiger partial charge is 0.147 e. The van der Waals surface area contributed by atoms with Gasteiger partial charge in [0.2, 0.25) is 0 Å². The Morgan fingerprint density at radius 2 is 1.93 bits per heavy atom. The van der Waals surface area contributed by atoms with E-state index in [9.17, 15) is 0 Å². The van der Waals surface area contributed by atoms with Crippen LogP contribution in [0, 0.1) is 0 Å². The molecule has 5 heteroatoms. The molecule has 0 N–H and O–H groups in total. The maximum Gasteiger partial charge on any atom is 0.147 e. The number of benzene rings is 1. The first-order chi connectivity index (χ1) is 6.79. The van der Waals surface area contributed by atoms with Gasteiger partial charge in [-0.2, -0.15) is 0 Å². The summed E-state index contributed by atoms with van der Waals surface area (Å²) in [6.07, 6.45) is 0. The van der Waals surface area contributed by atoms with Gasteiger partial charge in [-0.3, -0.25) is 0 Å². The summed E-state index contributed by atoms with van der Waals surface area (Å²) >= 11 is 10.6. The number of alkyl halides is 1. The van der Waals surface area contributed by atoms with E-state index in [1.54, 1.807) is 0 Å². The first-order valence-electron chi connectivity index (χ1n) is 3.94. The van der Waals surface area contributed by atoms with Crippen molar-refractivity contribution in [1.82, 2.24) is 10.2 Å². The molecule has 1 aromatic carbocycles. The zero-order valence-corrected chi connectivity index (χ0v) is 10.2. The minimum Gasteiger partial charge on any atom is -0.142 e. The van der Waals surface area contributed by atoms with Crippen molar-refractivity contribution in [3.8, 4) is 10.6 Å². The fourth-order valence-electron chi connectivity index (χ4n) is 1.02. The second-order valence-electron chi connectivity index (χ2n) is 2.64. The van der Waals surface area contributed by atoms with Gasteiger partial charge in [0.15, 0.2) is 0 Å². The molecule has 0 fully saturated rings. The third-order valence-corrected chi connectivity index (χ3v) is 3.58. The average Bonchev–Trinajstić information content (AvgIpc) is 2.67. The fraction of sp³-hybridized carbons (Fsp3) is 0.111. The summed E-state index contributed by atoms with van der Waals surface area (Å²) < 4.78 is 1.06. The molecule has 0 saturated heterocycles. The Morgan fingerprint density at radius 1 is 1.21 bits per heavy atom. The van der Waals surface area contributed by atoms with Gasteiger partial charge in [-0.05, 0) is 12.1 Å². The molecule has 1 aromatic heterocycles. The number of nitrogens with zero attached hydrogens (tertiary/aromatic N) is 2. The Hall–Kier alpha value is -0.450. The molecule has 2 aromatic rings. The van der Waals surface area contributed by atoms with Gasteiger partial charge >= 0.3 is 0 Å². The summed E-state index contributed by atoms with van der Waals surface area (Å²) in [4.78, 5) is 0. The Morgan fingerprint density at radius 3 is 2.50 bits per heavy atom. The maximum atomic E-state index is 5.65. The lowest BCUT2D eigenvalue weighted by atomic mass is 10.2. The van der Waals surface area contributed by atoms with Gasteiger partial charge in [-0.1, -0.05) is 39.4 Å². The molecule has 2 nitrogen and oxygen atoms in total. The fourth-order valence-corrected chi connectivity index (χ4v) is 2.19. The molecule has 0 saturated carbocycles. The minimum atomic E-state index is 0.425. The highest BCUT2D eigenvalue weighted by molar-refractivity contribution is 9.10. The summed E-state index contributed by atoms with van der Waals surface area (Å²) in [7, 11) is 0. The van der Waals surface area contributed by atoms with Gasteiger partial charge in [0, 0.05) is 10.0 Å². The molecule has 0 aliphatic carbocycles. The average molecular weight is 290 g/mol. The second-order valence-corrected chi connectivity index (χ2v) is 4.89. The lowest BCUT2D eigenvalue weighted by Gasteiger charge is -1.93. The number of hydrogen-bond donors (Lipinski definition) is 0. The lowest BCUT2D eigenvalue weighted by molar-refractivity contribution is 1.04. The number of halogens is 2. The van der Waals surface area contributed by atoms with Gasteiger partial charge in [0.05, 0.1) is 5.88 Å². The summed E-state index contributed by atoms with van der Waals surface area (Å²) in [5, 5.41) is 9.78. The van der Waals surface area contributed by atoms with Crippen molar-refractivity contribution in [1.29, 1.82) is 0 Å². The van der Waals surface area contributed by atoms with Crippen LogP contribution >= 0.6 is 38.9 Å². The molecule has 0 aliphatic rings. The predicted molar refractivity (Wildman–Crippen MR) is 62.6 cm³/mol. The van der Waals surface area contributed by atoms with Crippen LogP contribution in [0.4, 0.5) is 0 Å². The maximum absolute atomic E-state index is 5.65. The highest BCUT2D eigenvalue weighted by Crippen LogP contribution is 2.25. The standard InChI is InChI=1S/C9H6BrClN2S/c10-7-3-1-6(2-4-7)9-13-12-8(5-11)14-9/h1-4H,5H2. The van der Waals surface area contributed by atoms with E-state index >= 15 is 0 Å². The first kappa shape index (κ1) is 10.1. The van der Waals surface area contributed by atoms with Crippen molar-refractivity contribution in [3.05, 3.63) is 33.7 Å². The molecule has 0 radical (unpaired) electrons. The Balaban J connectivity index is 2.34. The zero-order valence-electron chi connectivity index (χ0n) is 7.08. The molecule has 0 bridgehead atoms. The zero-order chi connectivity index (χ0) is 9.97. The summed E-state index contributed by atoms with van der Waals surface area (Å²) in [6.45, 7) is 0. The van der Waals surface area contributed by atoms with Gasteiger partial charge in [-0.25, -0.2) is 0 Å². The Bertz CT molecular complexity index is 427. The van der Waals surface area contributed by atoms with Crippen LogP contribution in [0.2, 0.25) is 0 Å². The molecule has 1 heterocycles. The van der Waals surface area contributed by atoms with Crippen LogP contribution in [-0.2, 0) is 5.88 Å². The Kier molecular flexibility index (Phi) is 3.15. The van der Waals surface area contributed by atoms with Crippen LogP contribution in [0.3, 0.4) is 0 Å². The van der Waals surface area contributed by atoms with E-state index in [1.807, 2.05) is 24.3 Å². The molecule has 0 atom stereocenters. The number of aromatic nitrogens is 2. The molecule has 14 heavy (non-hydrogen) atoms. The van der Waals surface area contributed by atoms with Gasteiger partial charge < -0.3 is 0 Å². The molecule has 0 amide bonds. The van der Waals surface area contributed by atoms with Crippen LogP contribution in [0.1, 0.15) is 5.01 Å². The van der Waals surface area contributed by atoms with Crippen LogP contribution in [-0.4, -0.2) is 10.2 Å². The van der Waals surface area contributed by atoms with E-state index in [2.05, 4.69) is 26.1 Å². The third-order valence-electron chi connectivity index (χ3n) is 1.67. The van der Waals surface area contributed by atoms with Crippen LogP contribution < -0.4 is 0 Å². The molecular formula is C9H6BrClN2S. The smallest absolute Gasteiger partial charge is 0.142 e. The van der Waals surface area contributed by atoms with Crippen molar-refractivity contribution in [2.45, 2.75) is 5.88 Å². The SMILES string of the molecule is ClCc1nnc(-c2ccc(Br)cc2)s1. The van der Waals surface area contributed by atoms with Crippen molar-refractivity contribution < 1.29 is 0 Å². The molecule has 0 spiro atoms. The molecule has 0 aliphatic heterocycles. The molecule has 72 valence electrons. The second kappa shape index (κ2) is 4.38. The van der Waals surface area contributed by atoms with Crippen LogP contribution in [0.15, 0.2) is 28.7 Å². The van der Waals surface area contributed by atoms with E-state index in [1.165, 1.54) is 11.3 Å². The summed E-state index contributed by atoms with van der Waals surface area (Å²) in [5.74, 6) is 0.425. The Labute approximate surface area is 99.1 Å². The van der Waals surface area contributed by atoms with Gasteiger partial charge in [-0.15, -0.1) is 21.8 Å². The summed E-state index contributed by atoms with van der Waals surface area (Å²) in [5.41, 5.74) is 1.07. The van der Waals surface area contributed by atoms with Crippen LogP contribution in [0.25, 0.3) is 10.6 Å². The van der Waals surface area contributed by atoms with E-state index in [0.717, 1.165) is 20.1 Å². The lowest BCUT2D eigenvalue weighted by Crippen LogP contribution is -1.76. The van der Waals surface area contributed by atoms with Gasteiger partial charge in [0.25, 0.3) is 0 Å². The number of hydrogen-bond acceptors (Lipinski definition) is 3.